The average molecular weight is 226 g/mol. The van der Waals surface area contributed by atoms with E-state index in [1.54, 1.807) is 0 Å². The van der Waals surface area contributed by atoms with Gasteiger partial charge in [-0.1, -0.05) is 19.9 Å². The van der Waals surface area contributed by atoms with Crippen LogP contribution in [0.5, 0.6) is 0 Å². The van der Waals surface area contributed by atoms with E-state index < -0.39 is 0 Å². The van der Waals surface area contributed by atoms with E-state index in [0.717, 1.165) is 24.2 Å². The quantitative estimate of drug-likeness (QED) is 0.668. The maximum Gasteiger partial charge on any atom is 0.0317 e. The molecule has 0 bridgehead atoms. The van der Waals surface area contributed by atoms with Gasteiger partial charge in [0.05, 0.1) is 0 Å². The predicted molar refractivity (Wildman–Crippen MR) is 72.3 cm³/mol. The van der Waals surface area contributed by atoms with E-state index in [1.165, 1.54) is 22.3 Å². The van der Waals surface area contributed by atoms with E-state index in [-0.39, 0.29) is 5.41 Å². The molecule has 0 heterocycles. The maximum absolute atomic E-state index is 5.98. The predicted octanol–water partition coefficient (Wildman–Crippen LogP) is 2.95. The number of hydrogen-bond donors (Lipinski definition) is 2. The Bertz CT molecular complexity index is 562. The van der Waals surface area contributed by atoms with Crippen molar-refractivity contribution in [2.45, 2.75) is 32.1 Å². The van der Waals surface area contributed by atoms with Gasteiger partial charge >= 0.3 is 0 Å². The highest BCUT2D eigenvalue weighted by Crippen LogP contribution is 2.50. The number of hydrogen-bond acceptors (Lipinski definition) is 2. The van der Waals surface area contributed by atoms with Crippen LogP contribution in [0.4, 0.5) is 5.69 Å². The Morgan fingerprint density at radius 1 is 1.12 bits per heavy atom. The van der Waals surface area contributed by atoms with Crippen LogP contribution in [0.2, 0.25) is 0 Å². The SMILES string of the molecule is CC1(C)C2=C(CCC(N)=C2)c2ccc(N)cc21. The van der Waals surface area contributed by atoms with Crippen molar-refractivity contribution in [3.8, 4) is 0 Å². The first-order valence-electron chi connectivity index (χ1n) is 6.10. The molecule has 0 amide bonds. The molecule has 88 valence electrons. The molecule has 3 rings (SSSR count). The molecule has 2 aliphatic rings. The first-order valence-corrected chi connectivity index (χ1v) is 6.10. The van der Waals surface area contributed by atoms with Crippen LogP contribution in [0.25, 0.3) is 5.57 Å². The highest BCUT2D eigenvalue weighted by Gasteiger charge is 2.37. The van der Waals surface area contributed by atoms with Gasteiger partial charge < -0.3 is 11.5 Å². The second-order valence-corrected chi connectivity index (χ2v) is 5.54. The van der Waals surface area contributed by atoms with Crippen molar-refractivity contribution in [2.24, 2.45) is 5.73 Å². The fourth-order valence-electron chi connectivity index (χ4n) is 3.07. The minimum Gasteiger partial charge on any atom is -0.402 e. The highest BCUT2D eigenvalue weighted by molar-refractivity contribution is 5.84. The molecular weight excluding hydrogens is 208 g/mol. The van der Waals surface area contributed by atoms with Gasteiger partial charge in [0, 0.05) is 16.8 Å². The van der Waals surface area contributed by atoms with Crippen molar-refractivity contribution in [2.75, 3.05) is 5.73 Å². The van der Waals surface area contributed by atoms with Crippen LogP contribution in [0, 0.1) is 0 Å². The summed E-state index contributed by atoms with van der Waals surface area (Å²) in [5.41, 5.74) is 19.3. The number of allylic oxidation sites excluding steroid dienone is 4. The van der Waals surface area contributed by atoms with Gasteiger partial charge in [0.2, 0.25) is 0 Å². The third kappa shape index (κ3) is 1.33. The lowest BCUT2D eigenvalue weighted by molar-refractivity contribution is 0.649. The molecule has 0 unspecified atom stereocenters. The van der Waals surface area contributed by atoms with Crippen LogP contribution in [0.15, 0.2) is 35.5 Å². The van der Waals surface area contributed by atoms with Crippen molar-refractivity contribution >= 4 is 11.3 Å². The summed E-state index contributed by atoms with van der Waals surface area (Å²) in [6, 6.07) is 6.26. The minimum absolute atomic E-state index is 0.0328. The van der Waals surface area contributed by atoms with Gasteiger partial charge in [-0.25, -0.2) is 0 Å². The number of benzene rings is 1. The number of rotatable bonds is 0. The molecule has 1 aromatic carbocycles. The average Bonchev–Trinajstić information content (AvgIpc) is 2.49. The molecule has 2 nitrogen and oxygen atoms in total. The molecule has 0 radical (unpaired) electrons. The van der Waals surface area contributed by atoms with E-state index in [1.807, 2.05) is 6.07 Å². The summed E-state index contributed by atoms with van der Waals surface area (Å²) in [5, 5.41) is 0. The smallest absolute Gasteiger partial charge is 0.0317 e. The van der Waals surface area contributed by atoms with E-state index in [0.29, 0.717) is 0 Å². The summed E-state index contributed by atoms with van der Waals surface area (Å²) in [6.07, 6.45) is 4.19. The zero-order valence-corrected chi connectivity index (χ0v) is 10.4. The van der Waals surface area contributed by atoms with Gasteiger partial charge in [0.25, 0.3) is 0 Å². The van der Waals surface area contributed by atoms with Crippen molar-refractivity contribution < 1.29 is 0 Å². The van der Waals surface area contributed by atoms with Crippen LogP contribution in [-0.4, -0.2) is 0 Å². The van der Waals surface area contributed by atoms with Gasteiger partial charge in [-0.3, -0.25) is 0 Å². The Balaban J connectivity index is 2.26. The molecule has 0 aliphatic heterocycles. The zero-order valence-electron chi connectivity index (χ0n) is 10.4. The molecule has 0 fully saturated rings. The van der Waals surface area contributed by atoms with Gasteiger partial charge in [-0.2, -0.15) is 0 Å². The number of fused-ring (bicyclic) bond motifs is 2. The Hall–Kier alpha value is -1.70. The third-order valence-electron chi connectivity index (χ3n) is 4.03. The van der Waals surface area contributed by atoms with Gasteiger partial charge in [0.15, 0.2) is 0 Å². The lowest BCUT2D eigenvalue weighted by atomic mass is 9.79. The Morgan fingerprint density at radius 2 is 1.88 bits per heavy atom. The molecule has 0 aromatic heterocycles. The summed E-state index contributed by atoms with van der Waals surface area (Å²) in [6.45, 7) is 4.51. The number of anilines is 1. The molecule has 4 N–H and O–H groups in total. The Morgan fingerprint density at radius 3 is 2.65 bits per heavy atom. The Kier molecular flexibility index (Phi) is 1.94. The second-order valence-electron chi connectivity index (χ2n) is 5.54. The standard InChI is InChI=1S/C15H18N2/c1-15(2)13-7-9(16)3-5-11(13)12-6-4-10(17)8-14(12)15/h3,5,7-8H,4,6,16-17H2,1-2H3. The maximum atomic E-state index is 5.98. The first kappa shape index (κ1) is 10.5. The minimum atomic E-state index is 0.0328. The van der Waals surface area contributed by atoms with E-state index in [4.69, 9.17) is 11.5 Å². The highest BCUT2D eigenvalue weighted by atomic mass is 14.6. The fraction of sp³-hybridized carbons (Fsp3) is 0.333. The molecule has 2 aliphatic carbocycles. The van der Waals surface area contributed by atoms with Gasteiger partial charge in [-0.05, 0) is 53.3 Å². The van der Waals surface area contributed by atoms with Crippen LogP contribution in [0.3, 0.4) is 0 Å². The summed E-state index contributed by atoms with van der Waals surface area (Å²) in [4.78, 5) is 0. The largest absolute Gasteiger partial charge is 0.402 e. The molecule has 2 heteroatoms. The van der Waals surface area contributed by atoms with E-state index in [2.05, 4.69) is 32.1 Å². The molecule has 1 aromatic rings. The third-order valence-corrected chi connectivity index (χ3v) is 4.03. The van der Waals surface area contributed by atoms with Crippen LogP contribution < -0.4 is 11.5 Å². The molecule has 0 atom stereocenters. The molecule has 0 spiro atoms. The molecule has 0 saturated carbocycles. The van der Waals surface area contributed by atoms with Crippen molar-refractivity contribution in [3.63, 3.8) is 0 Å². The molecule has 17 heavy (non-hydrogen) atoms. The van der Waals surface area contributed by atoms with Crippen molar-refractivity contribution in [3.05, 3.63) is 46.7 Å². The fourth-order valence-corrected chi connectivity index (χ4v) is 3.07. The number of nitrogens with two attached hydrogens (primary N) is 2. The second kappa shape index (κ2) is 3.16. The normalized spacial score (nSPS) is 20.9. The van der Waals surface area contributed by atoms with Gasteiger partial charge in [0.1, 0.15) is 0 Å². The van der Waals surface area contributed by atoms with E-state index in [9.17, 15) is 0 Å². The van der Waals surface area contributed by atoms with E-state index >= 15 is 0 Å². The first-order chi connectivity index (χ1) is 8.00. The molecular formula is C15H18N2. The molecule has 0 saturated heterocycles. The van der Waals surface area contributed by atoms with Crippen LogP contribution >= 0.6 is 0 Å². The van der Waals surface area contributed by atoms with Crippen molar-refractivity contribution in [1.82, 2.24) is 0 Å². The Labute approximate surface area is 102 Å². The topological polar surface area (TPSA) is 52.0 Å². The summed E-state index contributed by atoms with van der Waals surface area (Å²) in [7, 11) is 0. The van der Waals surface area contributed by atoms with Crippen molar-refractivity contribution in [1.29, 1.82) is 0 Å². The van der Waals surface area contributed by atoms with Crippen LogP contribution in [-0.2, 0) is 5.41 Å². The summed E-state index contributed by atoms with van der Waals surface area (Å²) < 4.78 is 0. The lowest BCUT2D eigenvalue weighted by Crippen LogP contribution is -2.18. The number of nitrogen functional groups attached to an aromatic ring is 1. The monoisotopic (exact) mass is 226 g/mol. The summed E-state index contributed by atoms with van der Waals surface area (Å²) >= 11 is 0. The zero-order chi connectivity index (χ0) is 12.2. The van der Waals surface area contributed by atoms with Gasteiger partial charge in [-0.15, -0.1) is 0 Å². The summed E-state index contributed by atoms with van der Waals surface area (Å²) in [5.74, 6) is 0. The lowest BCUT2D eigenvalue weighted by Gasteiger charge is -2.25. The van der Waals surface area contributed by atoms with Crippen LogP contribution in [0.1, 0.15) is 37.8 Å².